The number of carboxylic acid groups (broad SMARTS) is 1. The summed E-state index contributed by atoms with van der Waals surface area (Å²) < 4.78 is 40.6. The van der Waals surface area contributed by atoms with E-state index in [1.807, 2.05) is 0 Å². The number of hydrogen-bond donors (Lipinski definition) is 1. The molecule has 0 saturated heterocycles. The molecule has 0 atom stereocenters. The molecular weight excluding hydrogens is 345 g/mol. The van der Waals surface area contributed by atoms with Crippen LogP contribution < -0.4 is 0 Å². The van der Waals surface area contributed by atoms with Gasteiger partial charge in [0.2, 0.25) is 0 Å². The Balaban J connectivity index is 2.15. The van der Waals surface area contributed by atoms with E-state index >= 15 is 0 Å². The van der Waals surface area contributed by atoms with Gasteiger partial charge in [-0.05, 0) is 42.3 Å². The molecular formula is C18H16FNO4S. The molecule has 0 radical (unpaired) electrons. The second kappa shape index (κ2) is 6.33. The maximum atomic E-state index is 13.0. The van der Waals surface area contributed by atoms with E-state index < -0.39 is 21.6 Å². The monoisotopic (exact) mass is 361 g/mol. The van der Waals surface area contributed by atoms with Crippen molar-refractivity contribution in [3.8, 4) is 0 Å². The van der Waals surface area contributed by atoms with Crippen LogP contribution in [0.25, 0.3) is 5.52 Å². The van der Waals surface area contributed by atoms with E-state index in [1.165, 1.54) is 24.3 Å². The van der Waals surface area contributed by atoms with E-state index in [-0.39, 0.29) is 17.1 Å². The Labute approximate surface area is 144 Å². The molecule has 1 aromatic carbocycles. The maximum absolute atomic E-state index is 13.0. The molecule has 3 rings (SSSR count). The number of sulfone groups is 1. The molecule has 0 spiro atoms. The number of carboxylic acids is 1. The van der Waals surface area contributed by atoms with Crippen LogP contribution in [-0.2, 0) is 26.8 Å². The van der Waals surface area contributed by atoms with Gasteiger partial charge in [0, 0.05) is 11.9 Å². The maximum Gasteiger partial charge on any atom is 0.309 e. The van der Waals surface area contributed by atoms with Crippen molar-refractivity contribution in [3.05, 3.63) is 71.3 Å². The summed E-state index contributed by atoms with van der Waals surface area (Å²) in [5, 5.41) is 9.13. The van der Waals surface area contributed by atoms with Crippen LogP contribution in [0.2, 0.25) is 0 Å². The molecule has 2 aromatic heterocycles. The first-order valence-corrected chi connectivity index (χ1v) is 9.22. The molecule has 0 unspecified atom stereocenters. The summed E-state index contributed by atoms with van der Waals surface area (Å²) in [6, 6.07) is 10.4. The highest BCUT2D eigenvalue weighted by Gasteiger charge is 2.26. The molecule has 5 nitrogen and oxygen atoms in total. The number of benzene rings is 1. The molecule has 0 bridgehead atoms. The van der Waals surface area contributed by atoms with Crippen molar-refractivity contribution in [2.45, 2.75) is 24.0 Å². The molecule has 25 heavy (non-hydrogen) atoms. The van der Waals surface area contributed by atoms with Crippen molar-refractivity contribution in [1.29, 1.82) is 0 Å². The number of aliphatic carboxylic acids is 1. The summed E-state index contributed by atoms with van der Waals surface area (Å²) >= 11 is 0. The molecule has 3 aromatic rings. The van der Waals surface area contributed by atoms with Gasteiger partial charge in [0.05, 0.1) is 22.6 Å². The Morgan fingerprint density at radius 2 is 1.84 bits per heavy atom. The third-order valence-electron chi connectivity index (χ3n) is 4.06. The lowest BCUT2D eigenvalue weighted by molar-refractivity contribution is -0.136. The molecule has 0 amide bonds. The van der Waals surface area contributed by atoms with Crippen LogP contribution in [0.1, 0.15) is 16.8 Å². The third kappa shape index (κ3) is 3.28. The van der Waals surface area contributed by atoms with Gasteiger partial charge in [0.1, 0.15) is 5.82 Å². The Hall–Kier alpha value is -2.67. The van der Waals surface area contributed by atoms with E-state index in [1.54, 1.807) is 35.7 Å². The smallest absolute Gasteiger partial charge is 0.309 e. The standard InChI is InChI=1S/C18H16FNO4S/c1-12-16(10-17(21)22)20-9-3-2-4-15(20)18(12)25(23,24)11-13-5-7-14(19)8-6-13/h2-9H,10-11H2,1H3,(H,21,22). The molecule has 2 heterocycles. The zero-order valence-corrected chi connectivity index (χ0v) is 14.3. The van der Waals surface area contributed by atoms with Crippen LogP contribution in [0.4, 0.5) is 4.39 Å². The summed E-state index contributed by atoms with van der Waals surface area (Å²) in [4.78, 5) is 11.3. The lowest BCUT2D eigenvalue weighted by atomic mass is 10.2. The van der Waals surface area contributed by atoms with Gasteiger partial charge in [0.15, 0.2) is 9.84 Å². The van der Waals surface area contributed by atoms with E-state index in [2.05, 4.69) is 0 Å². The molecule has 0 aliphatic carbocycles. The lowest BCUT2D eigenvalue weighted by Crippen LogP contribution is -2.07. The SMILES string of the molecule is Cc1c(S(=O)(=O)Cc2ccc(F)cc2)c2ccccn2c1CC(=O)O. The molecule has 0 saturated carbocycles. The fourth-order valence-electron chi connectivity index (χ4n) is 2.99. The van der Waals surface area contributed by atoms with Gasteiger partial charge in [-0.15, -0.1) is 0 Å². The predicted octanol–water partition coefficient (Wildman–Crippen LogP) is 2.99. The van der Waals surface area contributed by atoms with Gasteiger partial charge < -0.3 is 9.51 Å². The van der Waals surface area contributed by atoms with Crippen molar-refractivity contribution in [2.75, 3.05) is 0 Å². The first kappa shape index (κ1) is 17.2. The van der Waals surface area contributed by atoms with Crippen LogP contribution in [0.5, 0.6) is 0 Å². The van der Waals surface area contributed by atoms with Crippen molar-refractivity contribution in [1.82, 2.24) is 4.40 Å². The fraction of sp³-hybridized carbons (Fsp3) is 0.167. The number of rotatable bonds is 5. The van der Waals surface area contributed by atoms with E-state index in [0.29, 0.717) is 22.3 Å². The molecule has 0 aliphatic rings. The normalized spacial score (nSPS) is 11.8. The Kier molecular flexibility index (Phi) is 4.34. The van der Waals surface area contributed by atoms with Crippen LogP contribution in [-0.4, -0.2) is 23.9 Å². The third-order valence-corrected chi connectivity index (χ3v) is 5.91. The highest BCUT2D eigenvalue weighted by molar-refractivity contribution is 7.91. The van der Waals surface area contributed by atoms with Crippen molar-refractivity contribution >= 4 is 21.3 Å². The number of hydrogen-bond acceptors (Lipinski definition) is 3. The second-order valence-electron chi connectivity index (χ2n) is 5.81. The minimum Gasteiger partial charge on any atom is -0.481 e. The second-order valence-corrected chi connectivity index (χ2v) is 7.74. The zero-order chi connectivity index (χ0) is 18.2. The Morgan fingerprint density at radius 1 is 1.16 bits per heavy atom. The average molecular weight is 361 g/mol. The zero-order valence-electron chi connectivity index (χ0n) is 13.4. The Bertz CT molecular complexity index is 1050. The fourth-order valence-corrected chi connectivity index (χ4v) is 4.84. The summed E-state index contributed by atoms with van der Waals surface area (Å²) in [6.07, 6.45) is 1.38. The van der Waals surface area contributed by atoms with E-state index in [9.17, 15) is 17.6 Å². The first-order chi connectivity index (χ1) is 11.8. The van der Waals surface area contributed by atoms with Gasteiger partial charge in [-0.25, -0.2) is 12.8 Å². The number of pyridine rings is 1. The van der Waals surface area contributed by atoms with Crippen molar-refractivity contribution in [3.63, 3.8) is 0 Å². The quantitative estimate of drug-likeness (QED) is 0.758. The Morgan fingerprint density at radius 3 is 2.48 bits per heavy atom. The largest absolute Gasteiger partial charge is 0.481 e. The average Bonchev–Trinajstić information content (AvgIpc) is 2.82. The number of halogens is 1. The summed E-state index contributed by atoms with van der Waals surface area (Å²) in [7, 11) is -3.73. The topological polar surface area (TPSA) is 75.8 Å². The van der Waals surface area contributed by atoms with Crippen LogP contribution in [0.3, 0.4) is 0 Å². The van der Waals surface area contributed by atoms with Gasteiger partial charge in [-0.2, -0.15) is 0 Å². The molecule has 0 aliphatic heterocycles. The number of carbonyl (C=O) groups is 1. The van der Waals surface area contributed by atoms with Crippen LogP contribution >= 0.6 is 0 Å². The molecule has 130 valence electrons. The summed E-state index contributed by atoms with van der Waals surface area (Å²) in [6.45, 7) is 1.61. The van der Waals surface area contributed by atoms with Crippen molar-refractivity contribution < 1.29 is 22.7 Å². The van der Waals surface area contributed by atoms with Gasteiger partial charge >= 0.3 is 5.97 Å². The highest BCUT2D eigenvalue weighted by Crippen LogP contribution is 2.30. The van der Waals surface area contributed by atoms with Gasteiger partial charge in [0.25, 0.3) is 0 Å². The van der Waals surface area contributed by atoms with E-state index in [0.717, 1.165) is 0 Å². The minimum atomic E-state index is -3.73. The lowest BCUT2D eigenvalue weighted by Gasteiger charge is -2.06. The van der Waals surface area contributed by atoms with Gasteiger partial charge in [-0.3, -0.25) is 4.79 Å². The number of aromatic nitrogens is 1. The number of nitrogens with zero attached hydrogens (tertiary/aromatic N) is 1. The summed E-state index contributed by atoms with van der Waals surface area (Å²) in [5.41, 5.74) is 1.77. The number of fused-ring (bicyclic) bond motifs is 1. The first-order valence-electron chi connectivity index (χ1n) is 7.57. The highest BCUT2D eigenvalue weighted by atomic mass is 32.2. The molecule has 1 N–H and O–H groups in total. The minimum absolute atomic E-state index is 0.119. The van der Waals surface area contributed by atoms with Crippen molar-refractivity contribution in [2.24, 2.45) is 0 Å². The van der Waals surface area contributed by atoms with E-state index in [4.69, 9.17) is 5.11 Å². The molecule has 0 fully saturated rings. The predicted molar refractivity (Wildman–Crippen MR) is 90.8 cm³/mol. The van der Waals surface area contributed by atoms with Gasteiger partial charge in [-0.1, -0.05) is 18.2 Å². The molecule has 7 heteroatoms. The summed E-state index contributed by atoms with van der Waals surface area (Å²) in [5.74, 6) is -1.75. The van der Waals surface area contributed by atoms with Crippen LogP contribution in [0.15, 0.2) is 53.6 Å². The van der Waals surface area contributed by atoms with Crippen LogP contribution in [0, 0.1) is 12.7 Å².